The Hall–Kier alpha value is -2.07. The molecule has 1 heterocycles. The van der Waals surface area contributed by atoms with Crippen LogP contribution in [0.5, 0.6) is 5.75 Å². The van der Waals surface area contributed by atoms with E-state index in [1.165, 1.54) is 12.1 Å². The molecule has 2 aromatic rings. The van der Waals surface area contributed by atoms with Gasteiger partial charge in [-0.2, -0.15) is 0 Å². The Balaban J connectivity index is 2.46. The van der Waals surface area contributed by atoms with Crippen molar-refractivity contribution in [3.05, 3.63) is 52.4 Å². The Bertz CT molecular complexity index is 654. The van der Waals surface area contributed by atoms with Crippen LogP contribution in [0.3, 0.4) is 0 Å². The van der Waals surface area contributed by atoms with Crippen LogP contribution in [0.25, 0.3) is 11.0 Å². The van der Waals surface area contributed by atoms with E-state index >= 15 is 0 Å². The van der Waals surface area contributed by atoms with E-state index in [1.807, 2.05) is 0 Å². The fraction of sp³-hybridized carbons (Fsp3) is 0.214. The van der Waals surface area contributed by atoms with Gasteiger partial charge in [0, 0.05) is 23.9 Å². The van der Waals surface area contributed by atoms with E-state index in [2.05, 4.69) is 6.58 Å². The van der Waals surface area contributed by atoms with E-state index in [-0.39, 0.29) is 12.2 Å². The van der Waals surface area contributed by atoms with Gasteiger partial charge in [-0.25, -0.2) is 4.79 Å². The minimum Gasteiger partial charge on any atom is -0.508 e. The van der Waals surface area contributed by atoms with E-state index in [1.54, 1.807) is 19.1 Å². The van der Waals surface area contributed by atoms with Crippen LogP contribution in [0.15, 0.2) is 45.6 Å². The van der Waals surface area contributed by atoms with Crippen molar-refractivity contribution in [1.82, 2.24) is 0 Å². The average Bonchev–Trinajstić information content (AvgIpc) is 2.30. The standard InChI is InChI=1S/C14H14O4/c1-8(2)11(15)6-10-5-9-3-4-14(17)18-13(9)7-12(10)16/h3-5,7,11,15-16H,1,6H2,2H3. The van der Waals surface area contributed by atoms with E-state index < -0.39 is 11.7 Å². The first-order valence-corrected chi connectivity index (χ1v) is 5.56. The molecule has 1 unspecified atom stereocenters. The second kappa shape index (κ2) is 4.66. The number of hydrogen-bond donors (Lipinski definition) is 2. The van der Waals surface area contributed by atoms with Crippen molar-refractivity contribution in [2.45, 2.75) is 19.4 Å². The Kier molecular flexibility index (Phi) is 3.21. The molecule has 0 saturated carbocycles. The Morgan fingerprint density at radius 1 is 1.44 bits per heavy atom. The summed E-state index contributed by atoms with van der Waals surface area (Å²) in [7, 11) is 0. The fourth-order valence-electron chi connectivity index (χ4n) is 1.70. The molecular weight excluding hydrogens is 232 g/mol. The highest BCUT2D eigenvalue weighted by atomic mass is 16.4. The lowest BCUT2D eigenvalue weighted by atomic mass is 10.0. The van der Waals surface area contributed by atoms with Crippen LogP contribution in [0.1, 0.15) is 12.5 Å². The summed E-state index contributed by atoms with van der Waals surface area (Å²) in [6, 6.07) is 6.02. The van der Waals surface area contributed by atoms with Gasteiger partial charge in [-0.05, 0) is 24.6 Å². The molecule has 0 spiro atoms. The summed E-state index contributed by atoms with van der Waals surface area (Å²) in [6.07, 6.45) is -0.431. The number of fused-ring (bicyclic) bond motifs is 1. The molecule has 0 bridgehead atoms. The predicted molar refractivity (Wildman–Crippen MR) is 68.7 cm³/mol. The zero-order valence-corrected chi connectivity index (χ0v) is 10.0. The first kappa shape index (κ1) is 12.4. The van der Waals surface area contributed by atoms with Crippen LogP contribution in [-0.2, 0) is 6.42 Å². The summed E-state index contributed by atoms with van der Waals surface area (Å²) < 4.78 is 4.95. The topological polar surface area (TPSA) is 70.7 Å². The van der Waals surface area contributed by atoms with Gasteiger partial charge in [0.15, 0.2) is 0 Å². The van der Waals surface area contributed by atoms with Crippen molar-refractivity contribution in [2.24, 2.45) is 0 Å². The van der Waals surface area contributed by atoms with Gasteiger partial charge in [0.1, 0.15) is 11.3 Å². The quantitative estimate of drug-likeness (QED) is 0.641. The van der Waals surface area contributed by atoms with Crippen molar-refractivity contribution in [1.29, 1.82) is 0 Å². The largest absolute Gasteiger partial charge is 0.508 e. The summed E-state index contributed by atoms with van der Waals surface area (Å²) >= 11 is 0. The first-order chi connectivity index (χ1) is 8.47. The lowest BCUT2D eigenvalue weighted by Crippen LogP contribution is -2.11. The molecule has 94 valence electrons. The Labute approximate surface area is 104 Å². The molecule has 0 aliphatic heterocycles. The van der Waals surface area contributed by atoms with Gasteiger partial charge in [0.05, 0.1) is 6.10 Å². The third-order valence-corrected chi connectivity index (χ3v) is 2.80. The summed E-state index contributed by atoms with van der Waals surface area (Å²) in [6.45, 7) is 5.39. The first-order valence-electron chi connectivity index (χ1n) is 5.56. The van der Waals surface area contributed by atoms with E-state index in [0.29, 0.717) is 22.1 Å². The Morgan fingerprint density at radius 2 is 2.17 bits per heavy atom. The summed E-state index contributed by atoms with van der Waals surface area (Å²) in [5, 5.41) is 20.3. The highest BCUT2D eigenvalue weighted by Gasteiger charge is 2.11. The van der Waals surface area contributed by atoms with Crippen LogP contribution >= 0.6 is 0 Å². The van der Waals surface area contributed by atoms with Crippen molar-refractivity contribution < 1.29 is 14.6 Å². The van der Waals surface area contributed by atoms with Crippen molar-refractivity contribution in [3.63, 3.8) is 0 Å². The molecule has 0 fully saturated rings. The molecule has 1 aromatic carbocycles. The highest BCUT2D eigenvalue weighted by Crippen LogP contribution is 2.26. The molecule has 4 heteroatoms. The minimum atomic E-state index is -0.705. The zero-order chi connectivity index (χ0) is 13.3. The van der Waals surface area contributed by atoms with Crippen LogP contribution in [0.4, 0.5) is 0 Å². The molecule has 1 atom stereocenters. The smallest absolute Gasteiger partial charge is 0.336 e. The number of rotatable bonds is 3. The van der Waals surface area contributed by atoms with Gasteiger partial charge in [0.25, 0.3) is 0 Å². The number of aliphatic hydroxyl groups excluding tert-OH is 1. The summed E-state index contributed by atoms with van der Waals surface area (Å²) in [5.74, 6) is -0.00264. The lowest BCUT2D eigenvalue weighted by Gasteiger charge is -2.12. The van der Waals surface area contributed by atoms with E-state index in [4.69, 9.17) is 4.42 Å². The molecule has 0 aliphatic carbocycles. The highest BCUT2D eigenvalue weighted by molar-refractivity contribution is 5.79. The fourth-order valence-corrected chi connectivity index (χ4v) is 1.70. The second-order valence-corrected chi connectivity index (χ2v) is 4.34. The number of aromatic hydroxyl groups is 1. The number of hydrogen-bond acceptors (Lipinski definition) is 4. The third-order valence-electron chi connectivity index (χ3n) is 2.80. The zero-order valence-electron chi connectivity index (χ0n) is 10.0. The molecule has 2 rings (SSSR count). The van der Waals surface area contributed by atoms with Crippen LogP contribution in [-0.4, -0.2) is 16.3 Å². The van der Waals surface area contributed by atoms with Gasteiger partial charge in [-0.1, -0.05) is 12.2 Å². The van der Waals surface area contributed by atoms with E-state index in [9.17, 15) is 15.0 Å². The monoisotopic (exact) mass is 246 g/mol. The van der Waals surface area contributed by atoms with Gasteiger partial charge in [-0.3, -0.25) is 0 Å². The SMILES string of the molecule is C=C(C)C(O)Cc1cc2ccc(=O)oc2cc1O. The molecule has 4 nitrogen and oxygen atoms in total. The molecule has 2 N–H and O–H groups in total. The van der Waals surface area contributed by atoms with Crippen molar-refractivity contribution in [3.8, 4) is 5.75 Å². The van der Waals surface area contributed by atoms with Crippen molar-refractivity contribution in [2.75, 3.05) is 0 Å². The molecule has 1 aromatic heterocycles. The number of aliphatic hydroxyl groups is 1. The average molecular weight is 246 g/mol. The maximum atomic E-state index is 11.0. The molecule has 0 aliphatic rings. The summed E-state index contributed by atoms with van der Waals surface area (Å²) in [4.78, 5) is 11.0. The minimum absolute atomic E-state index is 0.00264. The molecule has 18 heavy (non-hydrogen) atoms. The van der Waals surface area contributed by atoms with Gasteiger partial charge >= 0.3 is 5.63 Å². The van der Waals surface area contributed by atoms with Crippen LogP contribution < -0.4 is 5.63 Å². The number of benzene rings is 1. The molecule has 0 radical (unpaired) electrons. The maximum absolute atomic E-state index is 11.0. The van der Waals surface area contributed by atoms with Crippen LogP contribution in [0, 0.1) is 0 Å². The molecule has 0 amide bonds. The van der Waals surface area contributed by atoms with Gasteiger partial charge < -0.3 is 14.6 Å². The van der Waals surface area contributed by atoms with Gasteiger partial charge in [0.2, 0.25) is 0 Å². The van der Waals surface area contributed by atoms with Gasteiger partial charge in [-0.15, -0.1) is 0 Å². The maximum Gasteiger partial charge on any atom is 0.336 e. The Morgan fingerprint density at radius 3 is 2.83 bits per heavy atom. The third kappa shape index (κ3) is 2.43. The number of phenols is 1. The summed E-state index contributed by atoms with van der Waals surface area (Å²) in [5.41, 5.74) is 1.09. The van der Waals surface area contributed by atoms with Crippen molar-refractivity contribution >= 4 is 11.0 Å². The van der Waals surface area contributed by atoms with E-state index in [0.717, 1.165) is 0 Å². The lowest BCUT2D eigenvalue weighted by molar-refractivity contribution is 0.210. The second-order valence-electron chi connectivity index (χ2n) is 4.34. The van der Waals surface area contributed by atoms with Crippen LogP contribution in [0.2, 0.25) is 0 Å². The predicted octanol–water partition coefficient (Wildman–Crippen LogP) is 1.98. The number of phenolic OH excluding ortho intramolecular Hbond substituents is 1. The molecular formula is C14H14O4. The molecule has 0 saturated heterocycles. The normalized spacial score (nSPS) is 12.6.